The molecule has 4 rings (SSSR count). The number of methoxy groups -OCH3 is 1. The Morgan fingerprint density at radius 1 is 1.22 bits per heavy atom. The van der Waals surface area contributed by atoms with Crippen molar-refractivity contribution in [3.63, 3.8) is 0 Å². The lowest BCUT2D eigenvalue weighted by Gasteiger charge is -2.30. The molecule has 142 valence electrons. The Balaban J connectivity index is 1.65. The second-order valence-electron chi connectivity index (χ2n) is 6.58. The summed E-state index contributed by atoms with van der Waals surface area (Å²) in [7, 11) is 1.68. The van der Waals surface area contributed by atoms with Gasteiger partial charge in [0, 0.05) is 35.9 Å². The van der Waals surface area contributed by atoms with E-state index in [1.54, 1.807) is 25.1 Å². The number of benzene rings is 1. The van der Waals surface area contributed by atoms with Crippen molar-refractivity contribution in [3.05, 3.63) is 36.0 Å². The third kappa shape index (κ3) is 3.43. The second-order valence-corrected chi connectivity index (χ2v) is 7.43. The normalized spacial score (nSPS) is 16.1. The van der Waals surface area contributed by atoms with Crippen LogP contribution in [0.25, 0.3) is 0 Å². The van der Waals surface area contributed by atoms with Gasteiger partial charge in [-0.3, -0.25) is 4.79 Å². The maximum Gasteiger partial charge on any atom is 0.255 e. The molecule has 0 spiro atoms. The lowest BCUT2D eigenvalue weighted by molar-refractivity contribution is 0.0792. The van der Waals surface area contributed by atoms with Crippen molar-refractivity contribution in [2.75, 3.05) is 44.5 Å². The summed E-state index contributed by atoms with van der Waals surface area (Å²) < 4.78 is 11.3. The molecule has 0 saturated carbocycles. The number of pyridine rings is 1. The van der Waals surface area contributed by atoms with E-state index in [-0.39, 0.29) is 5.91 Å². The number of amides is 1. The van der Waals surface area contributed by atoms with Gasteiger partial charge < -0.3 is 19.3 Å². The summed E-state index contributed by atoms with van der Waals surface area (Å²) in [5.74, 6) is 2.26. The summed E-state index contributed by atoms with van der Waals surface area (Å²) in [6, 6.07) is 7.96. The number of fused-ring (bicyclic) bond motifs is 1. The number of carbonyl (C=O) groups excluding carboxylic acids is 1. The molecule has 0 radical (unpaired) electrons. The highest BCUT2D eigenvalue weighted by molar-refractivity contribution is 7.98. The van der Waals surface area contributed by atoms with Gasteiger partial charge in [0.1, 0.15) is 12.4 Å². The fourth-order valence-electron chi connectivity index (χ4n) is 3.56. The highest BCUT2D eigenvalue weighted by atomic mass is 32.2. The van der Waals surface area contributed by atoms with Gasteiger partial charge in [0.2, 0.25) is 0 Å². The van der Waals surface area contributed by atoms with Crippen molar-refractivity contribution in [2.24, 2.45) is 0 Å². The van der Waals surface area contributed by atoms with E-state index in [2.05, 4.69) is 22.0 Å². The average molecular weight is 385 g/mol. The molecule has 6 nitrogen and oxygen atoms in total. The Labute approximate surface area is 163 Å². The number of likely N-dealkylation sites (tertiary alicyclic amines) is 1. The van der Waals surface area contributed by atoms with E-state index in [4.69, 9.17) is 9.47 Å². The van der Waals surface area contributed by atoms with Crippen LogP contribution in [-0.2, 0) is 0 Å². The van der Waals surface area contributed by atoms with Gasteiger partial charge in [-0.15, -0.1) is 11.8 Å². The van der Waals surface area contributed by atoms with Crippen LogP contribution in [0.1, 0.15) is 23.2 Å². The summed E-state index contributed by atoms with van der Waals surface area (Å²) in [5, 5.41) is 0. The summed E-state index contributed by atoms with van der Waals surface area (Å²) in [4.78, 5) is 22.3. The third-order valence-corrected chi connectivity index (χ3v) is 5.76. The molecule has 2 aromatic rings. The summed E-state index contributed by atoms with van der Waals surface area (Å²) in [6.07, 6.45) is 5.83. The first-order chi connectivity index (χ1) is 13.2. The molecule has 1 aromatic heterocycles. The molecule has 1 aromatic carbocycles. The molecule has 7 heteroatoms. The molecule has 3 heterocycles. The van der Waals surface area contributed by atoms with Gasteiger partial charge in [0.05, 0.1) is 19.2 Å². The number of thioether (sulfide) groups is 1. The van der Waals surface area contributed by atoms with E-state index in [1.165, 1.54) is 0 Å². The topological polar surface area (TPSA) is 54.9 Å². The van der Waals surface area contributed by atoms with Gasteiger partial charge in [-0.25, -0.2) is 4.98 Å². The molecule has 0 N–H and O–H groups in total. The quantitative estimate of drug-likeness (QED) is 0.750. The number of carbonyl (C=O) groups is 1. The minimum absolute atomic E-state index is 0.0366. The van der Waals surface area contributed by atoms with Crippen LogP contribution in [0.5, 0.6) is 11.5 Å². The van der Waals surface area contributed by atoms with Gasteiger partial charge >= 0.3 is 0 Å². The van der Waals surface area contributed by atoms with E-state index in [1.807, 2.05) is 23.3 Å². The molecule has 1 saturated heterocycles. The molecule has 0 aliphatic carbocycles. The van der Waals surface area contributed by atoms with Crippen LogP contribution in [0, 0.1) is 0 Å². The van der Waals surface area contributed by atoms with E-state index in [0.717, 1.165) is 48.1 Å². The Bertz CT molecular complexity index is 852. The van der Waals surface area contributed by atoms with E-state index in [0.29, 0.717) is 24.5 Å². The maximum atomic E-state index is 12.6. The monoisotopic (exact) mass is 385 g/mol. The van der Waals surface area contributed by atoms with Crippen molar-refractivity contribution in [1.29, 1.82) is 0 Å². The van der Waals surface area contributed by atoms with Crippen LogP contribution in [-0.4, -0.2) is 55.4 Å². The van der Waals surface area contributed by atoms with Crippen LogP contribution in [0.4, 0.5) is 11.5 Å². The van der Waals surface area contributed by atoms with Crippen molar-refractivity contribution in [3.8, 4) is 11.5 Å². The van der Waals surface area contributed by atoms with E-state index >= 15 is 0 Å². The number of hydrogen-bond acceptors (Lipinski definition) is 6. The zero-order valence-corrected chi connectivity index (χ0v) is 16.4. The largest absolute Gasteiger partial charge is 0.496 e. The first-order valence-corrected chi connectivity index (χ1v) is 10.4. The Hall–Kier alpha value is -2.41. The standard InChI is InChI=1S/C20H23N3O3S/c1-25-16-12-15(5-6-18(16)27-2)23-9-10-26-17-11-14(13-21-19(17)23)20(24)22-7-3-4-8-22/h5-6,11-13H,3-4,7-10H2,1-2H3. The number of nitrogens with zero attached hydrogens (tertiary/aromatic N) is 3. The maximum absolute atomic E-state index is 12.6. The predicted octanol–water partition coefficient (Wildman–Crippen LogP) is 3.58. The van der Waals surface area contributed by atoms with Gasteiger partial charge in [-0.2, -0.15) is 0 Å². The molecule has 0 bridgehead atoms. The number of anilines is 2. The minimum Gasteiger partial charge on any atom is -0.496 e. The van der Waals surface area contributed by atoms with Crippen molar-refractivity contribution < 1.29 is 14.3 Å². The Morgan fingerprint density at radius 2 is 2.04 bits per heavy atom. The molecule has 0 atom stereocenters. The van der Waals surface area contributed by atoms with Crippen LogP contribution in [0.15, 0.2) is 35.4 Å². The number of aromatic nitrogens is 1. The van der Waals surface area contributed by atoms with E-state index in [9.17, 15) is 4.79 Å². The number of rotatable bonds is 4. The van der Waals surface area contributed by atoms with Crippen LogP contribution < -0.4 is 14.4 Å². The fraction of sp³-hybridized carbons (Fsp3) is 0.400. The van der Waals surface area contributed by atoms with Gasteiger partial charge in [-0.1, -0.05) is 0 Å². The van der Waals surface area contributed by atoms with Crippen molar-refractivity contribution >= 4 is 29.2 Å². The zero-order valence-electron chi connectivity index (χ0n) is 15.6. The summed E-state index contributed by atoms with van der Waals surface area (Å²) in [6.45, 7) is 2.89. The van der Waals surface area contributed by atoms with Crippen LogP contribution >= 0.6 is 11.8 Å². The van der Waals surface area contributed by atoms with Gasteiger partial charge in [0.15, 0.2) is 11.6 Å². The second kappa shape index (κ2) is 7.68. The molecular weight excluding hydrogens is 362 g/mol. The minimum atomic E-state index is 0.0366. The Kier molecular flexibility index (Phi) is 5.11. The lowest BCUT2D eigenvalue weighted by atomic mass is 10.2. The average Bonchev–Trinajstić information content (AvgIpc) is 3.26. The van der Waals surface area contributed by atoms with Gasteiger partial charge in [0.25, 0.3) is 5.91 Å². The molecule has 1 amide bonds. The van der Waals surface area contributed by atoms with E-state index < -0.39 is 0 Å². The predicted molar refractivity (Wildman–Crippen MR) is 107 cm³/mol. The highest BCUT2D eigenvalue weighted by Gasteiger charge is 2.25. The highest BCUT2D eigenvalue weighted by Crippen LogP contribution is 2.38. The zero-order chi connectivity index (χ0) is 18.8. The van der Waals surface area contributed by atoms with Crippen LogP contribution in [0.2, 0.25) is 0 Å². The SMILES string of the molecule is COc1cc(N2CCOc3cc(C(=O)N4CCCC4)cnc32)ccc1SC. The van der Waals surface area contributed by atoms with Crippen molar-refractivity contribution in [2.45, 2.75) is 17.7 Å². The molecule has 1 fully saturated rings. The molecule has 2 aliphatic heterocycles. The Morgan fingerprint density at radius 3 is 2.78 bits per heavy atom. The summed E-state index contributed by atoms with van der Waals surface area (Å²) in [5.41, 5.74) is 1.59. The molecule has 0 unspecified atom stereocenters. The fourth-order valence-corrected chi connectivity index (χ4v) is 4.11. The van der Waals surface area contributed by atoms with Crippen molar-refractivity contribution in [1.82, 2.24) is 9.88 Å². The molecular formula is C20H23N3O3S. The smallest absolute Gasteiger partial charge is 0.255 e. The molecule has 27 heavy (non-hydrogen) atoms. The number of ether oxygens (including phenoxy) is 2. The first-order valence-electron chi connectivity index (χ1n) is 9.13. The van der Waals surface area contributed by atoms with Gasteiger partial charge in [-0.05, 0) is 37.3 Å². The summed E-state index contributed by atoms with van der Waals surface area (Å²) >= 11 is 1.65. The first kappa shape index (κ1) is 18.0. The number of hydrogen-bond donors (Lipinski definition) is 0. The third-order valence-electron chi connectivity index (χ3n) is 4.98. The molecule has 2 aliphatic rings. The lowest BCUT2D eigenvalue weighted by Crippen LogP contribution is -2.31. The van der Waals surface area contributed by atoms with Crippen LogP contribution in [0.3, 0.4) is 0 Å².